The molecule has 0 radical (unpaired) electrons. The Morgan fingerprint density at radius 1 is 1.21 bits per heavy atom. The number of aromatic nitrogens is 1. The van der Waals surface area contributed by atoms with Gasteiger partial charge in [-0.1, -0.05) is 26.0 Å². The molecule has 2 saturated heterocycles. The fraction of sp³-hybridized carbons (Fsp3) is 0.476. The van der Waals surface area contributed by atoms with E-state index >= 15 is 0 Å². The van der Waals surface area contributed by atoms with E-state index in [1.54, 1.807) is 16.2 Å². The monoisotopic (exact) mass is 398 g/mol. The fourth-order valence-corrected chi connectivity index (χ4v) is 4.62. The summed E-state index contributed by atoms with van der Waals surface area (Å²) in [5.74, 6) is 0.307. The Bertz CT molecular complexity index is 844. The molecule has 1 aromatic carbocycles. The first-order valence-electron chi connectivity index (χ1n) is 9.86. The second-order valence-corrected chi connectivity index (χ2v) is 8.66. The van der Waals surface area contributed by atoms with Crippen molar-refractivity contribution in [3.05, 3.63) is 41.4 Å². The van der Waals surface area contributed by atoms with Gasteiger partial charge in [-0.15, -0.1) is 11.3 Å². The summed E-state index contributed by atoms with van der Waals surface area (Å²) in [6.07, 6.45) is 2.11. The van der Waals surface area contributed by atoms with Crippen LogP contribution >= 0.6 is 11.3 Å². The molecule has 0 saturated carbocycles. The Labute approximate surface area is 169 Å². The number of carbonyl (C=O) groups excluding carboxylic acids is 2. The number of piperazine rings is 1. The van der Waals surface area contributed by atoms with E-state index in [4.69, 9.17) is 0 Å². The van der Waals surface area contributed by atoms with Crippen LogP contribution < -0.4 is 9.80 Å². The third-order valence-corrected chi connectivity index (χ3v) is 6.44. The van der Waals surface area contributed by atoms with Crippen molar-refractivity contribution in [2.75, 3.05) is 42.5 Å². The normalized spacial score (nSPS) is 20.3. The zero-order valence-electron chi connectivity index (χ0n) is 16.4. The van der Waals surface area contributed by atoms with Crippen molar-refractivity contribution in [2.45, 2.75) is 26.2 Å². The maximum Gasteiger partial charge on any atom is 0.228 e. The van der Waals surface area contributed by atoms with E-state index in [2.05, 4.69) is 35.9 Å². The molecule has 28 heavy (non-hydrogen) atoms. The van der Waals surface area contributed by atoms with Gasteiger partial charge in [-0.05, 0) is 23.6 Å². The standard InChI is InChI=1S/C21H26N4O2S/c1-15(2)16-4-3-5-18(12-16)25-14-17(13-19(25)26)20(27)23-7-9-24(10-8-23)21-22-6-11-28-21/h3-6,11-12,15,17H,7-10,13-14H2,1-2H3/t17-/m0/s1. The topological polar surface area (TPSA) is 56.8 Å². The van der Waals surface area contributed by atoms with E-state index in [9.17, 15) is 9.59 Å². The molecule has 0 bridgehead atoms. The van der Waals surface area contributed by atoms with Crippen LogP contribution in [0.2, 0.25) is 0 Å². The second-order valence-electron chi connectivity index (χ2n) is 7.78. The summed E-state index contributed by atoms with van der Waals surface area (Å²) in [5, 5.41) is 2.99. The molecule has 4 rings (SSSR count). The Morgan fingerprint density at radius 2 is 2.00 bits per heavy atom. The van der Waals surface area contributed by atoms with Gasteiger partial charge in [-0.25, -0.2) is 4.98 Å². The molecule has 0 N–H and O–H groups in total. The summed E-state index contributed by atoms with van der Waals surface area (Å²) in [4.78, 5) is 35.9. The van der Waals surface area contributed by atoms with Crippen LogP contribution in [-0.2, 0) is 9.59 Å². The molecule has 0 unspecified atom stereocenters. The molecule has 2 fully saturated rings. The molecule has 2 aliphatic rings. The summed E-state index contributed by atoms with van der Waals surface area (Å²) in [5.41, 5.74) is 2.11. The zero-order chi connectivity index (χ0) is 19.7. The van der Waals surface area contributed by atoms with Crippen molar-refractivity contribution in [3.63, 3.8) is 0 Å². The van der Waals surface area contributed by atoms with Crippen LogP contribution in [0.3, 0.4) is 0 Å². The van der Waals surface area contributed by atoms with Gasteiger partial charge in [-0.2, -0.15) is 0 Å². The van der Waals surface area contributed by atoms with Crippen molar-refractivity contribution in [3.8, 4) is 0 Å². The number of nitrogens with zero attached hydrogens (tertiary/aromatic N) is 4. The number of anilines is 2. The minimum absolute atomic E-state index is 0.0423. The van der Waals surface area contributed by atoms with Gasteiger partial charge < -0.3 is 14.7 Å². The Morgan fingerprint density at radius 3 is 2.68 bits per heavy atom. The lowest BCUT2D eigenvalue weighted by molar-refractivity contribution is -0.136. The minimum Gasteiger partial charge on any atom is -0.345 e. The van der Waals surface area contributed by atoms with Gasteiger partial charge >= 0.3 is 0 Å². The van der Waals surface area contributed by atoms with Crippen LogP contribution in [0.15, 0.2) is 35.8 Å². The molecular weight excluding hydrogens is 372 g/mol. The average molecular weight is 399 g/mol. The molecule has 3 heterocycles. The SMILES string of the molecule is CC(C)c1cccc(N2C[C@@H](C(=O)N3CCN(c4nccs4)CC3)CC2=O)c1. The highest BCUT2D eigenvalue weighted by atomic mass is 32.1. The van der Waals surface area contributed by atoms with E-state index in [1.165, 1.54) is 5.56 Å². The van der Waals surface area contributed by atoms with Crippen molar-refractivity contribution >= 4 is 34.0 Å². The molecule has 148 valence electrons. The van der Waals surface area contributed by atoms with Crippen LogP contribution in [-0.4, -0.2) is 54.4 Å². The highest BCUT2D eigenvalue weighted by Gasteiger charge is 2.38. The lowest BCUT2D eigenvalue weighted by atomic mass is 10.0. The second kappa shape index (κ2) is 7.91. The van der Waals surface area contributed by atoms with Crippen LogP contribution in [0, 0.1) is 5.92 Å². The molecule has 6 nitrogen and oxygen atoms in total. The van der Waals surface area contributed by atoms with Gasteiger partial charge in [0.05, 0.1) is 5.92 Å². The molecule has 2 aromatic rings. The third kappa shape index (κ3) is 3.76. The highest BCUT2D eigenvalue weighted by molar-refractivity contribution is 7.13. The van der Waals surface area contributed by atoms with Gasteiger partial charge in [0.2, 0.25) is 11.8 Å². The average Bonchev–Trinajstić information content (AvgIpc) is 3.38. The first kappa shape index (κ1) is 18.9. The Kier molecular flexibility index (Phi) is 5.35. The van der Waals surface area contributed by atoms with Gasteiger partial charge in [0.15, 0.2) is 5.13 Å². The summed E-state index contributed by atoms with van der Waals surface area (Å²) >= 11 is 1.63. The van der Waals surface area contributed by atoms with E-state index in [-0.39, 0.29) is 17.7 Å². The van der Waals surface area contributed by atoms with Crippen LogP contribution in [0.5, 0.6) is 0 Å². The van der Waals surface area contributed by atoms with E-state index < -0.39 is 0 Å². The minimum atomic E-state index is -0.249. The molecule has 0 spiro atoms. The third-order valence-electron chi connectivity index (χ3n) is 5.60. The predicted octanol–water partition coefficient (Wildman–Crippen LogP) is 2.97. The van der Waals surface area contributed by atoms with E-state index in [0.29, 0.717) is 32.0 Å². The van der Waals surface area contributed by atoms with Crippen molar-refractivity contribution < 1.29 is 9.59 Å². The molecule has 2 aliphatic heterocycles. The first-order valence-corrected chi connectivity index (χ1v) is 10.7. The number of amides is 2. The molecule has 1 aromatic heterocycles. The number of rotatable bonds is 4. The zero-order valence-corrected chi connectivity index (χ0v) is 17.2. The number of hydrogen-bond donors (Lipinski definition) is 0. The van der Waals surface area contributed by atoms with Gasteiger partial charge in [0, 0.05) is 56.4 Å². The molecule has 1 atom stereocenters. The van der Waals surface area contributed by atoms with Gasteiger partial charge in [0.25, 0.3) is 0 Å². The molecular formula is C21H26N4O2S. The lowest BCUT2D eigenvalue weighted by Crippen LogP contribution is -2.50. The number of benzene rings is 1. The molecule has 2 amide bonds. The van der Waals surface area contributed by atoms with Crippen LogP contribution in [0.1, 0.15) is 31.7 Å². The summed E-state index contributed by atoms with van der Waals surface area (Å²) in [6.45, 7) is 7.72. The predicted molar refractivity (Wildman–Crippen MR) is 112 cm³/mol. The molecule has 0 aliphatic carbocycles. The van der Waals surface area contributed by atoms with Crippen molar-refractivity contribution in [1.29, 1.82) is 0 Å². The van der Waals surface area contributed by atoms with E-state index in [0.717, 1.165) is 23.9 Å². The van der Waals surface area contributed by atoms with Crippen molar-refractivity contribution in [2.24, 2.45) is 5.92 Å². The van der Waals surface area contributed by atoms with Crippen LogP contribution in [0.4, 0.5) is 10.8 Å². The van der Waals surface area contributed by atoms with Crippen LogP contribution in [0.25, 0.3) is 0 Å². The first-order chi connectivity index (χ1) is 13.5. The number of carbonyl (C=O) groups is 2. The highest BCUT2D eigenvalue weighted by Crippen LogP contribution is 2.29. The fourth-order valence-electron chi connectivity index (χ4n) is 3.92. The van der Waals surface area contributed by atoms with Crippen molar-refractivity contribution in [1.82, 2.24) is 9.88 Å². The number of hydrogen-bond acceptors (Lipinski definition) is 5. The Hall–Kier alpha value is -2.41. The smallest absolute Gasteiger partial charge is 0.228 e. The van der Waals surface area contributed by atoms with Gasteiger partial charge in [-0.3, -0.25) is 9.59 Å². The molecule has 7 heteroatoms. The quantitative estimate of drug-likeness (QED) is 0.795. The summed E-state index contributed by atoms with van der Waals surface area (Å²) < 4.78 is 0. The van der Waals surface area contributed by atoms with Gasteiger partial charge in [0.1, 0.15) is 0 Å². The lowest BCUT2D eigenvalue weighted by Gasteiger charge is -2.35. The summed E-state index contributed by atoms with van der Waals surface area (Å²) in [7, 11) is 0. The Balaban J connectivity index is 1.39. The maximum atomic E-state index is 13.0. The largest absolute Gasteiger partial charge is 0.345 e. The summed E-state index contributed by atoms with van der Waals surface area (Å²) in [6, 6.07) is 8.11. The maximum absolute atomic E-state index is 13.0. The number of thiazole rings is 1. The van der Waals surface area contributed by atoms with E-state index in [1.807, 2.05) is 28.6 Å².